The van der Waals surface area contributed by atoms with Crippen LogP contribution < -0.4 is 10.8 Å². The van der Waals surface area contributed by atoms with E-state index in [1.165, 1.54) is 29.1 Å². The molecule has 4 rings (SSSR count). The molecule has 13 nitrogen and oxygen atoms in total. The van der Waals surface area contributed by atoms with Crippen molar-refractivity contribution < 1.29 is 53.1 Å². The molecule has 0 unspecified atom stereocenters. The lowest BCUT2D eigenvalue weighted by molar-refractivity contribution is -0.295. The molecule has 0 saturated carbocycles. The summed E-state index contributed by atoms with van der Waals surface area (Å²) in [6, 6.07) is 5.37. The van der Waals surface area contributed by atoms with Gasteiger partial charge in [0.05, 0.1) is 42.0 Å². The van der Waals surface area contributed by atoms with Crippen LogP contribution in [0.25, 0.3) is 11.0 Å². The van der Waals surface area contributed by atoms with Crippen molar-refractivity contribution in [3.05, 3.63) is 52.3 Å². The third-order valence-electron chi connectivity index (χ3n) is 5.84. The predicted molar refractivity (Wildman–Crippen MR) is 132 cm³/mol. The molecule has 5 atom stereocenters. The number of halogens is 3. The fraction of sp³-hybridized carbons (Fsp3) is 0.348. The molecule has 1 saturated heterocycles. The number of imidazole rings is 1. The van der Waals surface area contributed by atoms with Crippen LogP contribution in [0, 0.1) is 11.6 Å². The molecule has 1 amide bonds. The summed E-state index contributed by atoms with van der Waals surface area (Å²) in [4.78, 5) is 33.2. The van der Waals surface area contributed by atoms with Crippen LogP contribution in [-0.2, 0) is 26.2 Å². The number of anilines is 2. The number of aryl methyl sites for hydroxylation is 1. The minimum Gasteiger partial charge on any atom is -0.479 e. The molecule has 0 bridgehead atoms. The number of ether oxygens (including phenoxy) is 2. The standard InChI is InChI=1S/C23H23BrF2N4O9/c1-30-8-27-16-13(30)7-10(15(14(16)26)28-12-3-2-9(24)6-11(12)25)21(34)29-38-5-4-37-23-19(33)17(31)18(32)20(39-23)22(35)36/h2-3,6-8,17-20,23,28,31-33H,4-5H2,1H3,(H,29,34)(H,35,36)/t17-,18-,19+,20-,23+/m0/s1. The van der Waals surface area contributed by atoms with E-state index in [4.69, 9.17) is 19.4 Å². The highest BCUT2D eigenvalue weighted by atomic mass is 79.9. The Kier molecular flexibility index (Phi) is 8.75. The van der Waals surface area contributed by atoms with Crippen LogP contribution >= 0.6 is 15.9 Å². The first-order valence-corrected chi connectivity index (χ1v) is 12.1. The maximum absolute atomic E-state index is 15.4. The zero-order valence-electron chi connectivity index (χ0n) is 20.0. The van der Waals surface area contributed by atoms with Crippen LogP contribution in [0.4, 0.5) is 20.2 Å². The van der Waals surface area contributed by atoms with Crippen LogP contribution in [0.2, 0.25) is 0 Å². The number of carbonyl (C=O) groups is 2. The van der Waals surface area contributed by atoms with Gasteiger partial charge < -0.3 is 39.8 Å². The average molecular weight is 617 g/mol. The summed E-state index contributed by atoms with van der Waals surface area (Å²) in [5.41, 5.74) is 1.63. The van der Waals surface area contributed by atoms with Crippen LogP contribution in [0.15, 0.2) is 35.1 Å². The monoisotopic (exact) mass is 616 g/mol. The number of amides is 1. The first kappa shape index (κ1) is 28.8. The molecule has 0 spiro atoms. The third-order valence-corrected chi connectivity index (χ3v) is 6.33. The van der Waals surface area contributed by atoms with Crippen LogP contribution in [0.3, 0.4) is 0 Å². The van der Waals surface area contributed by atoms with E-state index in [0.717, 1.165) is 6.07 Å². The fourth-order valence-electron chi connectivity index (χ4n) is 3.82. The van der Waals surface area contributed by atoms with Gasteiger partial charge >= 0.3 is 5.97 Å². The minimum atomic E-state index is -1.88. The number of aromatic nitrogens is 2. The van der Waals surface area contributed by atoms with Crippen molar-refractivity contribution in [3.63, 3.8) is 0 Å². The summed E-state index contributed by atoms with van der Waals surface area (Å²) in [7, 11) is 1.60. The topological polar surface area (TPSA) is 185 Å². The molecule has 1 aliphatic rings. The Labute approximate surface area is 227 Å². The molecule has 6 N–H and O–H groups in total. The maximum atomic E-state index is 15.4. The molecule has 39 heavy (non-hydrogen) atoms. The number of nitrogens with one attached hydrogen (secondary N) is 2. The Morgan fingerprint density at radius 2 is 1.90 bits per heavy atom. The Hall–Kier alpha value is -3.25. The second-order valence-corrected chi connectivity index (χ2v) is 9.39. The van der Waals surface area contributed by atoms with Crippen LogP contribution in [-0.4, -0.2) is 85.8 Å². The van der Waals surface area contributed by atoms with Gasteiger partial charge in [0.2, 0.25) is 0 Å². The zero-order chi connectivity index (χ0) is 28.4. The second kappa shape index (κ2) is 11.9. The van der Waals surface area contributed by atoms with Gasteiger partial charge in [-0.2, -0.15) is 0 Å². The lowest BCUT2D eigenvalue weighted by Crippen LogP contribution is -2.60. The molecular weight excluding hydrogens is 594 g/mol. The van der Waals surface area contributed by atoms with Crippen molar-refractivity contribution in [2.75, 3.05) is 18.5 Å². The first-order valence-electron chi connectivity index (χ1n) is 11.3. The lowest BCUT2D eigenvalue weighted by Gasteiger charge is -2.38. The van der Waals surface area contributed by atoms with Gasteiger partial charge in [0, 0.05) is 11.5 Å². The smallest absolute Gasteiger partial charge is 0.335 e. The predicted octanol–water partition coefficient (Wildman–Crippen LogP) is 0.928. The Morgan fingerprint density at radius 3 is 2.59 bits per heavy atom. The molecule has 2 heterocycles. The molecule has 210 valence electrons. The van der Waals surface area contributed by atoms with E-state index in [0.29, 0.717) is 4.47 Å². The van der Waals surface area contributed by atoms with Crippen molar-refractivity contribution >= 4 is 50.2 Å². The number of rotatable bonds is 9. The number of carboxylic acids is 1. The van der Waals surface area contributed by atoms with Crippen molar-refractivity contribution in [2.45, 2.75) is 30.7 Å². The van der Waals surface area contributed by atoms with Crippen molar-refractivity contribution in [1.82, 2.24) is 15.0 Å². The number of hydrogen-bond acceptors (Lipinski definition) is 10. The second-order valence-electron chi connectivity index (χ2n) is 8.47. The summed E-state index contributed by atoms with van der Waals surface area (Å²) in [5, 5.41) is 41.2. The Bertz CT molecular complexity index is 1390. The van der Waals surface area contributed by atoms with Gasteiger partial charge in [-0.25, -0.2) is 24.0 Å². The SMILES string of the molecule is Cn1cnc2c(F)c(Nc3ccc(Br)cc3F)c(C(=O)NOCCO[C@@H]3O[C@H](C(=O)O)[C@@H](O)[C@H](O)[C@H]3O)cc21. The number of aliphatic hydroxyl groups excluding tert-OH is 3. The van der Waals surface area contributed by atoms with Gasteiger partial charge in [-0.3, -0.25) is 9.63 Å². The lowest BCUT2D eigenvalue weighted by atomic mass is 9.99. The zero-order valence-corrected chi connectivity index (χ0v) is 21.6. The number of aliphatic carboxylic acids is 1. The fourth-order valence-corrected chi connectivity index (χ4v) is 4.15. The minimum absolute atomic E-state index is 0.0543. The van der Waals surface area contributed by atoms with E-state index in [-0.39, 0.29) is 41.2 Å². The summed E-state index contributed by atoms with van der Waals surface area (Å²) in [5.74, 6) is -4.09. The van der Waals surface area contributed by atoms with E-state index >= 15 is 4.39 Å². The molecular formula is C23H23BrF2N4O9. The highest BCUT2D eigenvalue weighted by Gasteiger charge is 2.47. The van der Waals surface area contributed by atoms with Gasteiger partial charge in [0.15, 0.2) is 18.2 Å². The summed E-state index contributed by atoms with van der Waals surface area (Å²) < 4.78 is 41.9. The quantitative estimate of drug-likeness (QED) is 0.148. The molecule has 0 aliphatic carbocycles. The van der Waals surface area contributed by atoms with Gasteiger partial charge in [0.25, 0.3) is 5.91 Å². The molecule has 3 aromatic rings. The highest BCUT2D eigenvalue weighted by molar-refractivity contribution is 9.10. The van der Waals surface area contributed by atoms with Crippen molar-refractivity contribution in [2.24, 2.45) is 7.05 Å². The third kappa shape index (κ3) is 6.01. The number of benzene rings is 2. The Balaban J connectivity index is 1.44. The maximum Gasteiger partial charge on any atom is 0.335 e. The van der Waals surface area contributed by atoms with Gasteiger partial charge in [-0.05, 0) is 24.3 Å². The summed E-state index contributed by atoms with van der Waals surface area (Å²) in [6.45, 7) is -0.712. The van der Waals surface area contributed by atoms with E-state index in [1.807, 2.05) is 0 Å². The number of hydroxylamine groups is 1. The number of nitrogens with zero attached hydrogens (tertiary/aromatic N) is 2. The van der Waals surface area contributed by atoms with E-state index in [2.05, 4.69) is 31.7 Å². The van der Waals surface area contributed by atoms with E-state index in [1.54, 1.807) is 7.05 Å². The Morgan fingerprint density at radius 1 is 1.15 bits per heavy atom. The first-order chi connectivity index (χ1) is 18.5. The van der Waals surface area contributed by atoms with Crippen molar-refractivity contribution in [1.29, 1.82) is 0 Å². The van der Waals surface area contributed by atoms with Gasteiger partial charge in [0.1, 0.15) is 29.6 Å². The number of aliphatic hydroxyl groups is 3. The average Bonchev–Trinajstić information content (AvgIpc) is 3.26. The number of hydrogen-bond donors (Lipinski definition) is 6. The number of carbonyl (C=O) groups excluding carboxylic acids is 1. The largest absolute Gasteiger partial charge is 0.479 e. The summed E-state index contributed by atoms with van der Waals surface area (Å²) in [6.07, 6.45) is -7.58. The van der Waals surface area contributed by atoms with E-state index < -0.39 is 54.2 Å². The molecule has 1 fully saturated rings. The molecule has 16 heteroatoms. The molecule has 1 aliphatic heterocycles. The van der Waals surface area contributed by atoms with Gasteiger partial charge in [-0.1, -0.05) is 15.9 Å². The summed E-state index contributed by atoms with van der Waals surface area (Å²) >= 11 is 3.14. The molecule has 2 aromatic carbocycles. The molecule has 0 radical (unpaired) electrons. The number of fused-ring (bicyclic) bond motifs is 1. The van der Waals surface area contributed by atoms with E-state index in [9.17, 15) is 29.3 Å². The number of carboxylic acid groups (broad SMARTS) is 1. The molecule has 1 aromatic heterocycles. The van der Waals surface area contributed by atoms with Gasteiger partial charge in [-0.15, -0.1) is 0 Å². The normalized spacial score (nSPS) is 23.1. The van der Waals surface area contributed by atoms with Crippen LogP contribution in [0.5, 0.6) is 0 Å². The van der Waals surface area contributed by atoms with Crippen LogP contribution in [0.1, 0.15) is 10.4 Å². The van der Waals surface area contributed by atoms with Crippen molar-refractivity contribution in [3.8, 4) is 0 Å². The highest BCUT2D eigenvalue weighted by Crippen LogP contribution is 2.32.